The molecule has 4 rings (SSSR count). The van der Waals surface area contributed by atoms with Crippen molar-refractivity contribution in [3.8, 4) is 0 Å². The average Bonchev–Trinajstić information content (AvgIpc) is 3.12. The number of aryl methyl sites for hydroxylation is 2. The van der Waals surface area contributed by atoms with E-state index in [4.69, 9.17) is 0 Å². The van der Waals surface area contributed by atoms with Crippen LogP contribution in [0.2, 0.25) is 0 Å². The number of likely N-dealkylation sites (tertiary alicyclic amines) is 1. The van der Waals surface area contributed by atoms with E-state index in [1.807, 2.05) is 42.2 Å². The van der Waals surface area contributed by atoms with E-state index in [1.165, 1.54) is 0 Å². The predicted molar refractivity (Wildman–Crippen MR) is 102 cm³/mol. The van der Waals surface area contributed by atoms with Crippen LogP contribution in [-0.2, 0) is 16.8 Å². The molecule has 0 radical (unpaired) electrons. The summed E-state index contributed by atoms with van der Waals surface area (Å²) in [6.45, 7) is 2.47. The number of carbonyl (C=O) groups is 1. The van der Waals surface area contributed by atoms with E-state index in [-0.39, 0.29) is 17.9 Å². The Morgan fingerprint density at radius 1 is 1.30 bits per heavy atom. The first-order chi connectivity index (χ1) is 13.1. The summed E-state index contributed by atoms with van der Waals surface area (Å²) in [7, 11) is 0. The molecule has 0 bridgehead atoms. The molecule has 2 fully saturated rings. The quantitative estimate of drug-likeness (QED) is 0.869. The van der Waals surface area contributed by atoms with Crippen molar-refractivity contribution in [3.05, 3.63) is 47.5 Å². The molecule has 1 aromatic heterocycles. The van der Waals surface area contributed by atoms with Crippen LogP contribution in [0.15, 0.2) is 30.3 Å². The molecule has 144 valence electrons. The van der Waals surface area contributed by atoms with Crippen LogP contribution in [0.3, 0.4) is 0 Å². The molecule has 1 aromatic carbocycles. The van der Waals surface area contributed by atoms with Crippen LogP contribution in [0, 0.1) is 12.8 Å². The van der Waals surface area contributed by atoms with Gasteiger partial charge in [0, 0.05) is 31.3 Å². The second kappa shape index (κ2) is 7.43. The molecule has 0 spiro atoms. The van der Waals surface area contributed by atoms with Gasteiger partial charge >= 0.3 is 0 Å². The summed E-state index contributed by atoms with van der Waals surface area (Å²) in [4.78, 5) is 19.3. The number of aliphatic hydroxyl groups is 1. The standard InChI is InChI=1S/C21H28N4O2/c1-15-22-19(24-23-15)11-12-20(26)25-14-13-21(27,16-7-3-2-4-8-16)17-9-5-6-10-18(17)25/h2-4,7-8,17-18,27H,5-6,9-14H2,1H3,(H,22,23,24)/t17-,18-,21+/m1/s1. The highest BCUT2D eigenvalue weighted by Gasteiger charge is 2.50. The van der Waals surface area contributed by atoms with Crippen LogP contribution < -0.4 is 0 Å². The smallest absolute Gasteiger partial charge is 0.223 e. The molecule has 2 heterocycles. The van der Waals surface area contributed by atoms with Crippen molar-refractivity contribution in [2.24, 2.45) is 5.92 Å². The number of nitrogens with one attached hydrogen (secondary N) is 1. The third-order valence-corrected chi connectivity index (χ3v) is 6.28. The summed E-state index contributed by atoms with van der Waals surface area (Å²) in [5.41, 5.74) is 0.162. The predicted octanol–water partition coefficient (Wildman–Crippen LogP) is 2.72. The zero-order valence-electron chi connectivity index (χ0n) is 15.9. The normalized spacial score (nSPS) is 28.0. The number of amides is 1. The third kappa shape index (κ3) is 3.50. The fraction of sp³-hybridized carbons (Fsp3) is 0.571. The van der Waals surface area contributed by atoms with Gasteiger partial charge in [-0.2, -0.15) is 5.10 Å². The Kier molecular flexibility index (Phi) is 5.00. The van der Waals surface area contributed by atoms with Crippen LogP contribution in [0.4, 0.5) is 0 Å². The number of piperidine rings is 1. The second-order valence-corrected chi connectivity index (χ2v) is 7.92. The molecule has 1 amide bonds. The molecule has 1 saturated carbocycles. The Morgan fingerprint density at radius 2 is 2.07 bits per heavy atom. The topological polar surface area (TPSA) is 82.1 Å². The van der Waals surface area contributed by atoms with Gasteiger partial charge in [-0.15, -0.1) is 0 Å². The van der Waals surface area contributed by atoms with Crippen molar-refractivity contribution >= 4 is 5.91 Å². The van der Waals surface area contributed by atoms with Gasteiger partial charge in [-0.3, -0.25) is 9.89 Å². The zero-order valence-corrected chi connectivity index (χ0v) is 15.9. The minimum atomic E-state index is -0.829. The summed E-state index contributed by atoms with van der Waals surface area (Å²) in [6.07, 6.45) is 5.77. The maximum Gasteiger partial charge on any atom is 0.223 e. The molecule has 2 aromatic rings. The molecule has 0 unspecified atom stereocenters. The van der Waals surface area contributed by atoms with Gasteiger partial charge in [0.2, 0.25) is 5.91 Å². The van der Waals surface area contributed by atoms with E-state index in [0.29, 0.717) is 31.6 Å². The molecule has 1 aliphatic heterocycles. The molecule has 27 heavy (non-hydrogen) atoms. The number of benzene rings is 1. The number of aromatic nitrogens is 3. The first kappa shape index (κ1) is 18.2. The number of aromatic amines is 1. The number of hydrogen-bond acceptors (Lipinski definition) is 4. The van der Waals surface area contributed by atoms with Gasteiger partial charge in [-0.25, -0.2) is 4.98 Å². The highest BCUT2D eigenvalue weighted by atomic mass is 16.3. The highest BCUT2D eigenvalue weighted by Crippen LogP contribution is 2.47. The van der Waals surface area contributed by atoms with E-state index in [2.05, 4.69) is 15.2 Å². The molecule has 2 aliphatic rings. The lowest BCUT2D eigenvalue weighted by atomic mass is 9.66. The van der Waals surface area contributed by atoms with Crippen molar-refractivity contribution in [2.75, 3.05) is 6.54 Å². The Bertz CT molecular complexity index is 790. The monoisotopic (exact) mass is 368 g/mol. The van der Waals surface area contributed by atoms with Crippen LogP contribution in [0.1, 0.15) is 55.7 Å². The van der Waals surface area contributed by atoms with Gasteiger partial charge < -0.3 is 10.0 Å². The third-order valence-electron chi connectivity index (χ3n) is 6.28. The summed E-state index contributed by atoms with van der Waals surface area (Å²) in [5, 5.41) is 18.5. The number of carbonyl (C=O) groups excluding carboxylic acids is 1. The van der Waals surface area contributed by atoms with E-state index in [9.17, 15) is 9.90 Å². The first-order valence-electron chi connectivity index (χ1n) is 10.0. The highest BCUT2D eigenvalue weighted by molar-refractivity contribution is 5.77. The number of rotatable bonds is 4. The van der Waals surface area contributed by atoms with E-state index in [1.54, 1.807) is 0 Å². The zero-order chi connectivity index (χ0) is 18.9. The van der Waals surface area contributed by atoms with Crippen molar-refractivity contribution < 1.29 is 9.90 Å². The SMILES string of the molecule is Cc1nc(CCC(=O)N2CC[C@](O)(c3ccccc3)[C@@H]3CCCC[C@H]32)n[nH]1. The second-order valence-electron chi connectivity index (χ2n) is 7.92. The molecule has 6 heteroatoms. The lowest BCUT2D eigenvalue weighted by Crippen LogP contribution is -2.59. The molecule has 1 aliphatic carbocycles. The van der Waals surface area contributed by atoms with E-state index in [0.717, 1.165) is 37.1 Å². The van der Waals surface area contributed by atoms with Crippen LogP contribution in [0.25, 0.3) is 0 Å². The summed E-state index contributed by atoms with van der Waals surface area (Å²) >= 11 is 0. The minimum Gasteiger partial charge on any atom is -0.385 e. The van der Waals surface area contributed by atoms with E-state index < -0.39 is 5.60 Å². The number of nitrogens with zero attached hydrogens (tertiary/aromatic N) is 3. The Hall–Kier alpha value is -2.21. The summed E-state index contributed by atoms with van der Waals surface area (Å²) in [5.74, 6) is 1.73. The molecule has 2 N–H and O–H groups in total. The summed E-state index contributed by atoms with van der Waals surface area (Å²) in [6, 6.07) is 10.1. The fourth-order valence-electron chi connectivity index (χ4n) is 4.94. The Labute approximate surface area is 160 Å². The molecule has 3 atom stereocenters. The molecular formula is C21H28N4O2. The lowest BCUT2D eigenvalue weighted by molar-refractivity contribution is -0.154. The summed E-state index contributed by atoms with van der Waals surface area (Å²) < 4.78 is 0. The van der Waals surface area contributed by atoms with Gasteiger partial charge in [-0.1, -0.05) is 43.2 Å². The van der Waals surface area contributed by atoms with Crippen molar-refractivity contribution in [1.82, 2.24) is 20.1 Å². The average molecular weight is 368 g/mol. The van der Waals surface area contributed by atoms with Gasteiger partial charge in [-0.05, 0) is 31.7 Å². The van der Waals surface area contributed by atoms with Crippen LogP contribution in [-0.4, -0.2) is 43.7 Å². The van der Waals surface area contributed by atoms with Gasteiger partial charge in [0.25, 0.3) is 0 Å². The number of H-pyrrole nitrogens is 1. The maximum absolute atomic E-state index is 13.0. The number of hydrogen-bond donors (Lipinski definition) is 2. The molecular weight excluding hydrogens is 340 g/mol. The van der Waals surface area contributed by atoms with Crippen LogP contribution in [0.5, 0.6) is 0 Å². The van der Waals surface area contributed by atoms with Crippen molar-refractivity contribution in [3.63, 3.8) is 0 Å². The van der Waals surface area contributed by atoms with Gasteiger partial charge in [0.1, 0.15) is 5.82 Å². The van der Waals surface area contributed by atoms with Crippen molar-refractivity contribution in [2.45, 2.75) is 63.5 Å². The Balaban J connectivity index is 1.50. The molecule has 1 saturated heterocycles. The fourth-order valence-corrected chi connectivity index (χ4v) is 4.94. The Morgan fingerprint density at radius 3 is 2.81 bits per heavy atom. The lowest BCUT2D eigenvalue weighted by Gasteiger charge is -2.52. The molecule has 6 nitrogen and oxygen atoms in total. The first-order valence-corrected chi connectivity index (χ1v) is 10.0. The number of fused-ring (bicyclic) bond motifs is 1. The van der Waals surface area contributed by atoms with Gasteiger partial charge in [0.05, 0.1) is 5.60 Å². The maximum atomic E-state index is 13.0. The minimum absolute atomic E-state index is 0.108. The largest absolute Gasteiger partial charge is 0.385 e. The van der Waals surface area contributed by atoms with Crippen LogP contribution >= 0.6 is 0 Å². The van der Waals surface area contributed by atoms with Crippen molar-refractivity contribution in [1.29, 1.82) is 0 Å². The van der Waals surface area contributed by atoms with E-state index >= 15 is 0 Å². The van der Waals surface area contributed by atoms with Gasteiger partial charge in [0.15, 0.2) is 5.82 Å².